The minimum Gasteiger partial charge on any atom is -0.383 e. The molecule has 17 heavy (non-hydrogen) atoms. The van der Waals surface area contributed by atoms with Crippen molar-refractivity contribution in [2.75, 3.05) is 38.0 Å². The monoisotopic (exact) mass is 282 g/mol. The summed E-state index contributed by atoms with van der Waals surface area (Å²) in [5, 5.41) is -0.767. The number of methoxy groups -OCH3 is 1. The molecule has 1 heterocycles. The van der Waals surface area contributed by atoms with Gasteiger partial charge in [0, 0.05) is 31.4 Å². The van der Waals surface area contributed by atoms with Gasteiger partial charge in [-0.2, -0.15) is 11.8 Å². The SMILES string of the molecule is COCC(N)C(=O)N1CCSCC1S(C)(=O)=O. The smallest absolute Gasteiger partial charge is 0.242 e. The highest BCUT2D eigenvalue weighted by Gasteiger charge is 2.35. The van der Waals surface area contributed by atoms with Crippen LogP contribution in [-0.2, 0) is 19.4 Å². The summed E-state index contributed by atoms with van der Waals surface area (Å²) in [5.41, 5.74) is 5.65. The van der Waals surface area contributed by atoms with Crippen molar-refractivity contribution >= 4 is 27.5 Å². The number of carbonyl (C=O) groups is 1. The maximum Gasteiger partial charge on any atom is 0.242 e. The van der Waals surface area contributed by atoms with Crippen molar-refractivity contribution in [1.29, 1.82) is 0 Å². The molecule has 2 unspecified atom stereocenters. The van der Waals surface area contributed by atoms with Gasteiger partial charge in [0.1, 0.15) is 11.4 Å². The Bertz CT molecular complexity index is 371. The van der Waals surface area contributed by atoms with Crippen LogP contribution in [0.2, 0.25) is 0 Å². The van der Waals surface area contributed by atoms with Gasteiger partial charge in [-0.3, -0.25) is 4.79 Å². The summed E-state index contributed by atoms with van der Waals surface area (Å²) in [6.45, 7) is 0.512. The van der Waals surface area contributed by atoms with Crippen LogP contribution in [0.3, 0.4) is 0 Å². The van der Waals surface area contributed by atoms with Crippen LogP contribution in [-0.4, -0.2) is 68.7 Å². The van der Waals surface area contributed by atoms with Gasteiger partial charge < -0.3 is 15.4 Å². The van der Waals surface area contributed by atoms with E-state index in [2.05, 4.69) is 0 Å². The highest BCUT2D eigenvalue weighted by atomic mass is 32.2. The van der Waals surface area contributed by atoms with E-state index in [9.17, 15) is 13.2 Å². The van der Waals surface area contributed by atoms with Crippen molar-refractivity contribution in [2.24, 2.45) is 5.73 Å². The highest BCUT2D eigenvalue weighted by Crippen LogP contribution is 2.20. The zero-order valence-corrected chi connectivity index (χ0v) is 11.6. The number of nitrogens with two attached hydrogens (primary N) is 1. The summed E-state index contributed by atoms with van der Waals surface area (Å²) < 4.78 is 28.0. The van der Waals surface area contributed by atoms with Gasteiger partial charge in [0.2, 0.25) is 5.91 Å². The molecule has 1 saturated heterocycles. The molecule has 1 rings (SSSR count). The van der Waals surface area contributed by atoms with Crippen molar-refractivity contribution in [2.45, 2.75) is 11.4 Å². The molecule has 2 N–H and O–H groups in total. The Morgan fingerprint density at radius 2 is 2.29 bits per heavy atom. The van der Waals surface area contributed by atoms with Crippen LogP contribution < -0.4 is 5.73 Å². The van der Waals surface area contributed by atoms with E-state index in [4.69, 9.17) is 10.5 Å². The minimum atomic E-state index is -3.28. The summed E-state index contributed by atoms with van der Waals surface area (Å²) in [7, 11) is -1.83. The Morgan fingerprint density at radius 3 is 2.82 bits per heavy atom. The van der Waals surface area contributed by atoms with Crippen molar-refractivity contribution in [1.82, 2.24) is 4.90 Å². The first-order valence-electron chi connectivity index (χ1n) is 5.19. The first-order chi connectivity index (χ1) is 7.88. The molecule has 2 atom stereocenters. The molecule has 8 heteroatoms. The molecule has 0 aromatic rings. The van der Waals surface area contributed by atoms with E-state index in [0.717, 1.165) is 12.0 Å². The second-order valence-corrected chi connectivity index (χ2v) is 7.31. The van der Waals surface area contributed by atoms with E-state index in [1.54, 1.807) is 0 Å². The molecular formula is C9H18N2O4S2. The van der Waals surface area contributed by atoms with Gasteiger partial charge in [0.25, 0.3) is 0 Å². The lowest BCUT2D eigenvalue weighted by Crippen LogP contribution is -2.55. The van der Waals surface area contributed by atoms with Crippen molar-refractivity contribution in [3.8, 4) is 0 Å². The molecule has 0 aromatic heterocycles. The van der Waals surface area contributed by atoms with Gasteiger partial charge in [-0.25, -0.2) is 8.42 Å². The number of rotatable bonds is 4. The Kier molecular flexibility index (Phi) is 5.23. The zero-order valence-electron chi connectivity index (χ0n) is 9.96. The third-order valence-electron chi connectivity index (χ3n) is 2.53. The Labute approximate surface area is 106 Å². The predicted molar refractivity (Wildman–Crippen MR) is 67.5 cm³/mol. The number of hydrogen-bond donors (Lipinski definition) is 1. The molecule has 100 valence electrons. The lowest BCUT2D eigenvalue weighted by Gasteiger charge is -2.35. The van der Waals surface area contributed by atoms with Gasteiger partial charge in [-0.1, -0.05) is 0 Å². The number of thioether (sulfide) groups is 1. The van der Waals surface area contributed by atoms with Gasteiger partial charge in [-0.05, 0) is 0 Å². The van der Waals surface area contributed by atoms with Crippen LogP contribution in [0.15, 0.2) is 0 Å². The average molecular weight is 282 g/mol. The molecule has 1 fully saturated rings. The molecule has 0 bridgehead atoms. The Morgan fingerprint density at radius 1 is 1.65 bits per heavy atom. The van der Waals surface area contributed by atoms with Crippen LogP contribution >= 0.6 is 11.8 Å². The molecule has 0 radical (unpaired) electrons. The topological polar surface area (TPSA) is 89.7 Å². The fourth-order valence-corrected chi connectivity index (χ4v) is 4.47. The summed E-state index contributed by atoms with van der Waals surface area (Å²) in [6, 6.07) is -0.799. The predicted octanol–water partition coefficient (Wildman–Crippen LogP) is -1.09. The molecule has 0 aromatic carbocycles. The number of hydrogen-bond acceptors (Lipinski definition) is 6. The third kappa shape index (κ3) is 3.84. The van der Waals surface area contributed by atoms with Crippen molar-refractivity contribution < 1.29 is 17.9 Å². The van der Waals surface area contributed by atoms with Crippen LogP contribution in [0.1, 0.15) is 0 Å². The van der Waals surface area contributed by atoms with Gasteiger partial charge in [-0.15, -0.1) is 0 Å². The van der Waals surface area contributed by atoms with Crippen LogP contribution in [0.4, 0.5) is 0 Å². The molecule has 0 aliphatic carbocycles. The normalized spacial score (nSPS) is 23.5. The van der Waals surface area contributed by atoms with Crippen molar-refractivity contribution in [3.63, 3.8) is 0 Å². The van der Waals surface area contributed by atoms with E-state index < -0.39 is 21.3 Å². The fraction of sp³-hybridized carbons (Fsp3) is 0.889. The van der Waals surface area contributed by atoms with E-state index in [0.29, 0.717) is 12.3 Å². The van der Waals surface area contributed by atoms with E-state index in [1.807, 2.05) is 0 Å². The number of ether oxygens (including phenoxy) is 1. The summed E-state index contributed by atoms with van der Waals surface area (Å²) >= 11 is 1.53. The summed E-state index contributed by atoms with van der Waals surface area (Å²) in [4.78, 5) is 13.3. The molecule has 0 saturated carbocycles. The van der Waals surface area contributed by atoms with Crippen LogP contribution in [0, 0.1) is 0 Å². The third-order valence-corrected chi connectivity index (χ3v) is 5.17. The quantitative estimate of drug-likeness (QED) is 0.704. The molecule has 6 nitrogen and oxygen atoms in total. The summed E-state index contributed by atoms with van der Waals surface area (Å²) in [5.74, 6) is 0.782. The van der Waals surface area contributed by atoms with Gasteiger partial charge in [0.05, 0.1) is 6.61 Å². The number of carbonyl (C=O) groups excluding carboxylic acids is 1. The first-order valence-corrected chi connectivity index (χ1v) is 8.30. The fourth-order valence-electron chi connectivity index (χ4n) is 1.65. The number of nitrogens with zero attached hydrogens (tertiary/aromatic N) is 1. The average Bonchev–Trinajstić information content (AvgIpc) is 2.27. The molecule has 0 spiro atoms. The van der Waals surface area contributed by atoms with Gasteiger partial charge in [0.15, 0.2) is 9.84 Å². The van der Waals surface area contributed by atoms with Crippen LogP contribution in [0.5, 0.6) is 0 Å². The first kappa shape index (κ1) is 14.7. The van der Waals surface area contributed by atoms with E-state index in [-0.39, 0.29) is 12.5 Å². The van der Waals surface area contributed by atoms with E-state index >= 15 is 0 Å². The standard InChI is InChI=1S/C9H18N2O4S2/c1-15-5-7(10)9(12)11-3-4-16-6-8(11)17(2,13)14/h7-8H,3-6,10H2,1-2H3. The second-order valence-electron chi connectivity index (χ2n) is 3.95. The Balaban J connectivity index is 2.81. The maximum atomic E-state index is 12.0. The van der Waals surface area contributed by atoms with Crippen LogP contribution in [0.25, 0.3) is 0 Å². The maximum absolute atomic E-state index is 12.0. The second kappa shape index (κ2) is 6.03. The molecule has 1 aliphatic heterocycles. The minimum absolute atomic E-state index is 0.0962. The lowest BCUT2D eigenvalue weighted by atomic mass is 10.3. The number of amides is 1. The lowest BCUT2D eigenvalue weighted by molar-refractivity contribution is -0.134. The summed E-state index contributed by atoms with van der Waals surface area (Å²) in [6.07, 6.45) is 1.14. The van der Waals surface area contributed by atoms with E-state index in [1.165, 1.54) is 23.8 Å². The zero-order chi connectivity index (χ0) is 13.1. The molecule has 1 aliphatic rings. The molecule has 1 amide bonds. The number of sulfone groups is 1. The largest absolute Gasteiger partial charge is 0.383 e. The molecular weight excluding hydrogens is 264 g/mol. The highest BCUT2D eigenvalue weighted by molar-refractivity contribution is 8.00. The van der Waals surface area contributed by atoms with Gasteiger partial charge >= 0.3 is 0 Å². The Hall–Kier alpha value is -0.310. The van der Waals surface area contributed by atoms with Crippen molar-refractivity contribution in [3.05, 3.63) is 0 Å².